The lowest BCUT2D eigenvalue weighted by Gasteiger charge is -2.40. The second-order valence-electron chi connectivity index (χ2n) is 9.76. The predicted molar refractivity (Wildman–Crippen MR) is 116 cm³/mol. The van der Waals surface area contributed by atoms with Crippen molar-refractivity contribution in [2.75, 3.05) is 24.6 Å². The molecule has 30 heavy (non-hydrogen) atoms. The Bertz CT molecular complexity index is 1100. The average Bonchev–Trinajstić information content (AvgIpc) is 3.37. The van der Waals surface area contributed by atoms with Gasteiger partial charge >= 0.3 is 5.97 Å². The van der Waals surface area contributed by atoms with Crippen LogP contribution < -0.4 is 15.1 Å². The van der Waals surface area contributed by atoms with Gasteiger partial charge in [-0.2, -0.15) is 0 Å². The number of carboxylic acid groups (broad SMARTS) is 1. The van der Waals surface area contributed by atoms with Crippen molar-refractivity contribution in [3.8, 4) is 17.0 Å². The highest BCUT2D eigenvalue weighted by atomic mass is 16.5. The summed E-state index contributed by atoms with van der Waals surface area (Å²) in [6.07, 6.45) is 5.59. The number of nitrogens with zero attached hydrogens (tertiary/aromatic N) is 2. The number of benzene rings is 1. The summed E-state index contributed by atoms with van der Waals surface area (Å²) in [5.74, 6) is -0.157. The Labute approximate surface area is 176 Å². The number of carboxylic acids is 1. The topological polar surface area (TPSA) is 71.8 Å². The lowest BCUT2D eigenvalue weighted by Crippen LogP contribution is -2.33. The first-order chi connectivity index (χ1) is 14.3. The van der Waals surface area contributed by atoms with Crippen molar-refractivity contribution in [3.63, 3.8) is 0 Å². The molecule has 3 aliphatic rings. The van der Waals surface area contributed by atoms with Gasteiger partial charge in [0.25, 0.3) is 0 Å². The smallest absolute Gasteiger partial charge is 0.341 e. The summed E-state index contributed by atoms with van der Waals surface area (Å²) in [6.45, 7) is 9.23. The van der Waals surface area contributed by atoms with Crippen LogP contribution in [-0.2, 0) is 12.8 Å². The molecule has 3 aliphatic heterocycles. The summed E-state index contributed by atoms with van der Waals surface area (Å²) in [5, 5.41) is 9.53. The number of pyridine rings is 1. The van der Waals surface area contributed by atoms with Crippen LogP contribution in [0.1, 0.15) is 61.1 Å². The van der Waals surface area contributed by atoms with E-state index in [9.17, 15) is 14.7 Å². The number of hydrogen-bond donors (Lipinski definition) is 1. The summed E-state index contributed by atoms with van der Waals surface area (Å²) in [5.41, 5.74) is 4.82. The van der Waals surface area contributed by atoms with Crippen LogP contribution in [0.25, 0.3) is 11.3 Å². The van der Waals surface area contributed by atoms with Crippen molar-refractivity contribution in [3.05, 3.63) is 45.2 Å². The zero-order valence-electron chi connectivity index (χ0n) is 17.8. The number of hydrogen-bond acceptors (Lipinski definition) is 4. The molecule has 0 aliphatic carbocycles. The van der Waals surface area contributed by atoms with Crippen molar-refractivity contribution in [1.82, 2.24) is 4.57 Å². The van der Waals surface area contributed by atoms with Crippen LogP contribution in [0.15, 0.2) is 23.1 Å². The second-order valence-corrected chi connectivity index (χ2v) is 9.76. The third kappa shape index (κ3) is 2.84. The molecule has 0 saturated carbocycles. The number of carbonyl (C=O) groups is 1. The fourth-order valence-corrected chi connectivity index (χ4v) is 5.28. The third-order valence-electron chi connectivity index (χ3n) is 6.84. The molecular weight excluding hydrogens is 380 g/mol. The minimum absolute atomic E-state index is 0.0565. The Morgan fingerprint density at radius 1 is 1.17 bits per heavy atom. The Morgan fingerprint density at radius 2 is 1.90 bits per heavy atom. The van der Waals surface area contributed by atoms with Crippen molar-refractivity contribution in [2.45, 2.75) is 52.5 Å². The van der Waals surface area contributed by atoms with E-state index in [4.69, 9.17) is 4.74 Å². The molecule has 0 radical (unpaired) electrons. The fraction of sp³-hybridized carbons (Fsp3) is 0.500. The summed E-state index contributed by atoms with van der Waals surface area (Å²) in [4.78, 5) is 26.7. The van der Waals surface area contributed by atoms with Gasteiger partial charge < -0.3 is 19.3 Å². The highest BCUT2D eigenvalue weighted by molar-refractivity contribution is 5.88. The lowest BCUT2D eigenvalue weighted by molar-refractivity contribution is 0.0693. The molecule has 1 aromatic carbocycles. The first-order valence-electron chi connectivity index (χ1n) is 10.8. The molecule has 1 aromatic heterocycles. The van der Waals surface area contributed by atoms with Gasteiger partial charge in [0.1, 0.15) is 11.3 Å². The first kappa shape index (κ1) is 19.2. The van der Waals surface area contributed by atoms with E-state index in [1.54, 1.807) is 6.20 Å². The highest BCUT2D eigenvalue weighted by Crippen LogP contribution is 2.50. The maximum atomic E-state index is 12.6. The lowest BCUT2D eigenvalue weighted by atomic mass is 9.77. The van der Waals surface area contributed by atoms with Crippen LogP contribution in [0.5, 0.6) is 5.75 Å². The SMILES string of the molecule is CC(C)(C)[C@@H]1Cc2c(cc(N3CCCC3)c3c2CCO3)-c2cc(=O)c(C(=O)O)cn21. The summed E-state index contributed by atoms with van der Waals surface area (Å²) in [7, 11) is 0. The molecule has 0 spiro atoms. The Kier molecular flexibility index (Phi) is 4.24. The number of rotatable bonds is 2. The van der Waals surface area contributed by atoms with Gasteiger partial charge in [-0.1, -0.05) is 20.8 Å². The van der Waals surface area contributed by atoms with E-state index in [1.165, 1.54) is 30.0 Å². The molecule has 4 heterocycles. The number of fused-ring (bicyclic) bond motifs is 5. The van der Waals surface area contributed by atoms with Crippen LogP contribution >= 0.6 is 0 Å². The molecule has 1 saturated heterocycles. The van der Waals surface area contributed by atoms with Gasteiger partial charge in [0, 0.05) is 48.9 Å². The third-order valence-corrected chi connectivity index (χ3v) is 6.84. The van der Waals surface area contributed by atoms with E-state index < -0.39 is 11.4 Å². The van der Waals surface area contributed by atoms with Gasteiger partial charge in [-0.05, 0) is 36.3 Å². The molecule has 1 atom stereocenters. The van der Waals surface area contributed by atoms with Crippen LogP contribution in [0, 0.1) is 5.41 Å². The minimum Gasteiger partial charge on any atom is -0.491 e. The molecule has 0 unspecified atom stereocenters. The van der Waals surface area contributed by atoms with Crippen molar-refractivity contribution in [1.29, 1.82) is 0 Å². The minimum atomic E-state index is -1.17. The number of aromatic nitrogens is 1. The zero-order chi connectivity index (χ0) is 21.2. The molecule has 0 amide bonds. The first-order valence-corrected chi connectivity index (χ1v) is 10.8. The fourth-order valence-electron chi connectivity index (χ4n) is 5.28. The number of anilines is 1. The summed E-state index contributed by atoms with van der Waals surface area (Å²) in [6, 6.07) is 3.76. The van der Waals surface area contributed by atoms with Crippen LogP contribution in [0.3, 0.4) is 0 Å². The van der Waals surface area contributed by atoms with Gasteiger partial charge in [0.2, 0.25) is 0 Å². The molecule has 1 N–H and O–H groups in total. The van der Waals surface area contributed by atoms with Crippen molar-refractivity contribution < 1.29 is 14.6 Å². The molecule has 5 rings (SSSR count). The van der Waals surface area contributed by atoms with E-state index in [-0.39, 0.29) is 17.0 Å². The molecule has 6 heteroatoms. The standard InChI is InChI=1S/C24H28N2O4/c1-24(2,3)21-11-15-14-6-9-30-22(14)19(25-7-4-5-8-25)10-16(15)18-12-20(27)17(23(28)29)13-26(18)21/h10,12-13,21H,4-9,11H2,1-3H3,(H,28,29)/t21-/m0/s1. The van der Waals surface area contributed by atoms with E-state index in [2.05, 4.69) is 31.7 Å². The zero-order valence-corrected chi connectivity index (χ0v) is 17.8. The van der Waals surface area contributed by atoms with Crippen LogP contribution in [0.2, 0.25) is 0 Å². The quantitative estimate of drug-likeness (QED) is 0.816. The molecule has 1 fully saturated rings. The van der Waals surface area contributed by atoms with Gasteiger partial charge in [0.05, 0.1) is 18.0 Å². The van der Waals surface area contributed by atoms with E-state index in [1.807, 2.05) is 4.57 Å². The van der Waals surface area contributed by atoms with Crippen LogP contribution in [-0.4, -0.2) is 35.3 Å². The van der Waals surface area contributed by atoms with Gasteiger partial charge in [0.15, 0.2) is 5.43 Å². The normalized spacial score (nSPS) is 19.8. The van der Waals surface area contributed by atoms with Gasteiger partial charge in [-0.25, -0.2) is 4.79 Å². The van der Waals surface area contributed by atoms with E-state index in [0.29, 0.717) is 6.61 Å². The molecule has 0 bridgehead atoms. The number of ether oxygens (including phenoxy) is 1. The molecule has 2 aromatic rings. The summed E-state index contributed by atoms with van der Waals surface area (Å²) < 4.78 is 8.13. The van der Waals surface area contributed by atoms with E-state index in [0.717, 1.165) is 48.6 Å². The second kappa shape index (κ2) is 6.62. The monoisotopic (exact) mass is 408 g/mol. The maximum Gasteiger partial charge on any atom is 0.341 e. The van der Waals surface area contributed by atoms with Gasteiger partial charge in [-0.15, -0.1) is 0 Å². The van der Waals surface area contributed by atoms with Crippen molar-refractivity contribution >= 4 is 11.7 Å². The molecule has 6 nitrogen and oxygen atoms in total. The summed E-state index contributed by atoms with van der Waals surface area (Å²) >= 11 is 0. The Balaban J connectivity index is 1.79. The van der Waals surface area contributed by atoms with Crippen molar-refractivity contribution in [2.24, 2.45) is 5.41 Å². The van der Waals surface area contributed by atoms with E-state index >= 15 is 0 Å². The highest BCUT2D eigenvalue weighted by Gasteiger charge is 2.37. The molecule has 158 valence electrons. The number of aromatic carboxylic acids is 1. The van der Waals surface area contributed by atoms with Gasteiger partial charge in [-0.3, -0.25) is 4.79 Å². The van der Waals surface area contributed by atoms with Crippen LogP contribution in [0.4, 0.5) is 5.69 Å². The Hall–Kier alpha value is -2.76. The Morgan fingerprint density at radius 3 is 2.57 bits per heavy atom. The molecular formula is C24H28N2O4. The maximum absolute atomic E-state index is 12.6. The average molecular weight is 408 g/mol. The predicted octanol–water partition coefficient (Wildman–Crippen LogP) is 3.89. The largest absolute Gasteiger partial charge is 0.491 e.